The van der Waals surface area contributed by atoms with E-state index in [0.717, 1.165) is 0 Å². The van der Waals surface area contributed by atoms with Gasteiger partial charge in [-0.05, 0) is 29.5 Å². The van der Waals surface area contributed by atoms with Gasteiger partial charge in [-0.25, -0.2) is 0 Å². The number of hydrogen-bond donors (Lipinski definition) is 0. The summed E-state index contributed by atoms with van der Waals surface area (Å²) in [6, 6.07) is 6.36. The second-order valence-corrected chi connectivity index (χ2v) is 3.44. The van der Waals surface area contributed by atoms with Crippen LogP contribution in [0.25, 0.3) is 6.08 Å². The summed E-state index contributed by atoms with van der Waals surface area (Å²) in [5, 5.41) is 0. The third kappa shape index (κ3) is 1.58. The molecule has 0 radical (unpaired) electrons. The molecule has 0 heteroatoms. The van der Waals surface area contributed by atoms with Gasteiger partial charge in [-0.1, -0.05) is 44.7 Å². The molecular weight excluding hydrogens is 144 g/mol. The highest BCUT2D eigenvalue weighted by Gasteiger charge is 2.05. The molecule has 0 aromatic heterocycles. The van der Waals surface area contributed by atoms with E-state index in [0.29, 0.717) is 5.92 Å². The van der Waals surface area contributed by atoms with Crippen molar-refractivity contribution < 1.29 is 0 Å². The van der Waals surface area contributed by atoms with Gasteiger partial charge in [0.05, 0.1) is 0 Å². The average Bonchev–Trinajstić information content (AvgIpc) is 2.03. The van der Waals surface area contributed by atoms with Gasteiger partial charge in [0.25, 0.3) is 0 Å². The zero-order chi connectivity index (χ0) is 9.14. The molecule has 1 aromatic rings. The van der Waals surface area contributed by atoms with Crippen LogP contribution in [0.1, 0.15) is 36.5 Å². The van der Waals surface area contributed by atoms with Crippen LogP contribution in [-0.2, 0) is 0 Å². The third-order valence-corrected chi connectivity index (χ3v) is 2.16. The molecule has 0 spiro atoms. The summed E-state index contributed by atoms with van der Waals surface area (Å²) < 4.78 is 0. The van der Waals surface area contributed by atoms with Gasteiger partial charge in [-0.3, -0.25) is 0 Å². The van der Waals surface area contributed by atoms with Crippen LogP contribution in [0.5, 0.6) is 0 Å². The quantitative estimate of drug-likeness (QED) is 0.618. The van der Waals surface area contributed by atoms with Crippen molar-refractivity contribution in [3.63, 3.8) is 0 Å². The normalized spacial score (nSPS) is 10.3. The molecule has 0 atom stereocenters. The predicted molar refractivity (Wildman–Crippen MR) is 55.4 cm³/mol. The Morgan fingerprint density at radius 3 is 2.42 bits per heavy atom. The molecule has 0 bridgehead atoms. The van der Waals surface area contributed by atoms with Gasteiger partial charge in [0.15, 0.2) is 0 Å². The first-order valence-corrected chi connectivity index (χ1v) is 4.38. The summed E-state index contributed by atoms with van der Waals surface area (Å²) in [4.78, 5) is 0. The summed E-state index contributed by atoms with van der Waals surface area (Å²) in [7, 11) is 0. The molecule has 1 rings (SSSR count). The summed E-state index contributed by atoms with van der Waals surface area (Å²) in [5.74, 6) is 0.583. The lowest BCUT2D eigenvalue weighted by Gasteiger charge is -2.12. The fourth-order valence-corrected chi connectivity index (χ4v) is 1.67. The summed E-state index contributed by atoms with van der Waals surface area (Å²) in [6.45, 7) is 10.4. The Hall–Kier alpha value is -1.04. The minimum absolute atomic E-state index is 0.583. The maximum Gasteiger partial charge on any atom is -0.0210 e. The molecule has 0 saturated carbocycles. The first kappa shape index (κ1) is 9.05. The highest BCUT2D eigenvalue weighted by molar-refractivity contribution is 5.55. The fraction of sp³-hybridized carbons (Fsp3) is 0.333. The van der Waals surface area contributed by atoms with Crippen molar-refractivity contribution in [2.75, 3.05) is 0 Å². The number of aryl methyl sites for hydroxylation is 1. The molecule has 0 unspecified atom stereocenters. The van der Waals surface area contributed by atoms with Crippen LogP contribution in [0.2, 0.25) is 0 Å². The second kappa shape index (κ2) is 3.57. The number of hydrogen-bond acceptors (Lipinski definition) is 0. The van der Waals surface area contributed by atoms with Crippen molar-refractivity contribution >= 4 is 6.08 Å². The molecule has 0 N–H and O–H groups in total. The molecule has 0 aliphatic rings. The zero-order valence-electron chi connectivity index (χ0n) is 8.09. The van der Waals surface area contributed by atoms with Gasteiger partial charge in [0, 0.05) is 0 Å². The van der Waals surface area contributed by atoms with Crippen molar-refractivity contribution in [2.45, 2.75) is 26.7 Å². The van der Waals surface area contributed by atoms with Crippen molar-refractivity contribution in [1.82, 2.24) is 0 Å². The van der Waals surface area contributed by atoms with Gasteiger partial charge in [0.2, 0.25) is 0 Å². The van der Waals surface area contributed by atoms with Gasteiger partial charge in [0.1, 0.15) is 0 Å². The molecule has 0 amide bonds. The Kier molecular flexibility index (Phi) is 2.69. The summed E-state index contributed by atoms with van der Waals surface area (Å²) in [5.41, 5.74) is 4.06. The van der Waals surface area contributed by atoms with Crippen LogP contribution in [0.15, 0.2) is 24.8 Å². The van der Waals surface area contributed by atoms with Crippen molar-refractivity contribution in [3.05, 3.63) is 41.5 Å². The number of benzene rings is 1. The Morgan fingerprint density at radius 2 is 2.00 bits per heavy atom. The summed E-state index contributed by atoms with van der Waals surface area (Å²) >= 11 is 0. The molecule has 0 aliphatic heterocycles. The first-order chi connectivity index (χ1) is 5.66. The molecule has 0 nitrogen and oxygen atoms in total. The lowest BCUT2D eigenvalue weighted by atomic mass is 9.93. The van der Waals surface area contributed by atoms with E-state index < -0.39 is 0 Å². The standard InChI is InChI=1S/C12H16/c1-5-11-8-6-7-10(4)12(11)9(2)3/h5-9H,1H2,2-4H3. The smallest absolute Gasteiger partial charge is 0.0210 e. The van der Waals surface area contributed by atoms with Crippen LogP contribution >= 0.6 is 0 Å². The van der Waals surface area contributed by atoms with E-state index in [4.69, 9.17) is 0 Å². The largest absolute Gasteiger partial charge is 0.0985 e. The van der Waals surface area contributed by atoms with Crippen LogP contribution < -0.4 is 0 Å². The van der Waals surface area contributed by atoms with Gasteiger partial charge >= 0.3 is 0 Å². The van der Waals surface area contributed by atoms with Gasteiger partial charge < -0.3 is 0 Å². The van der Waals surface area contributed by atoms with Crippen LogP contribution in [-0.4, -0.2) is 0 Å². The lowest BCUT2D eigenvalue weighted by molar-refractivity contribution is 0.854. The SMILES string of the molecule is C=Cc1cccc(C)c1C(C)C. The highest BCUT2D eigenvalue weighted by Crippen LogP contribution is 2.23. The molecule has 0 heterocycles. The minimum Gasteiger partial charge on any atom is -0.0985 e. The molecule has 0 fully saturated rings. The zero-order valence-corrected chi connectivity index (χ0v) is 8.09. The lowest BCUT2D eigenvalue weighted by Crippen LogP contribution is -1.94. The molecular formula is C12H16. The fourth-order valence-electron chi connectivity index (χ4n) is 1.67. The topological polar surface area (TPSA) is 0 Å². The van der Waals surface area contributed by atoms with Gasteiger partial charge in [-0.2, -0.15) is 0 Å². The molecule has 0 saturated heterocycles. The van der Waals surface area contributed by atoms with E-state index in [1.807, 2.05) is 6.08 Å². The van der Waals surface area contributed by atoms with E-state index in [2.05, 4.69) is 45.5 Å². The predicted octanol–water partition coefficient (Wildman–Crippen LogP) is 3.76. The molecule has 0 aliphatic carbocycles. The maximum atomic E-state index is 3.82. The monoisotopic (exact) mass is 160 g/mol. The Morgan fingerprint density at radius 1 is 1.33 bits per heavy atom. The molecule has 12 heavy (non-hydrogen) atoms. The van der Waals surface area contributed by atoms with E-state index >= 15 is 0 Å². The molecule has 64 valence electrons. The molecule has 1 aromatic carbocycles. The second-order valence-electron chi connectivity index (χ2n) is 3.44. The van der Waals surface area contributed by atoms with Crippen molar-refractivity contribution in [1.29, 1.82) is 0 Å². The van der Waals surface area contributed by atoms with E-state index in [1.54, 1.807) is 0 Å². The van der Waals surface area contributed by atoms with Crippen molar-refractivity contribution in [2.24, 2.45) is 0 Å². The van der Waals surface area contributed by atoms with E-state index in [-0.39, 0.29) is 0 Å². The van der Waals surface area contributed by atoms with E-state index in [1.165, 1.54) is 16.7 Å². The Bertz CT molecular complexity index is 282. The van der Waals surface area contributed by atoms with Crippen LogP contribution in [0.4, 0.5) is 0 Å². The van der Waals surface area contributed by atoms with E-state index in [9.17, 15) is 0 Å². The maximum absolute atomic E-state index is 3.82. The number of rotatable bonds is 2. The van der Waals surface area contributed by atoms with Crippen molar-refractivity contribution in [3.8, 4) is 0 Å². The van der Waals surface area contributed by atoms with Gasteiger partial charge in [-0.15, -0.1) is 0 Å². The first-order valence-electron chi connectivity index (χ1n) is 4.38. The minimum atomic E-state index is 0.583. The Labute approximate surface area is 74.9 Å². The third-order valence-electron chi connectivity index (χ3n) is 2.16. The highest BCUT2D eigenvalue weighted by atomic mass is 14.1. The van der Waals surface area contributed by atoms with Crippen LogP contribution in [0.3, 0.4) is 0 Å². The Balaban J connectivity index is 3.29. The average molecular weight is 160 g/mol. The van der Waals surface area contributed by atoms with Crippen LogP contribution in [0, 0.1) is 6.92 Å². The summed E-state index contributed by atoms with van der Waals surface area (Å²) in [6.07, 6.45) is 1.93.